The predicted molar refractivity (Wildman–Crippen MR) is 95.8 cm³/mol. The highest BCUT2D eigenvalue weighted by Crippen LogP contribution is 2.31. The molecular weight excluding hydrogens is 320 g/mol. The average molecular weight is 340 g/mol. The van der Waals surface area contributed by atoms with Gasteiger partial charge < -0.3 is 20.8 Å². The van der Waals surface area contributed by atoms with Crippen molar-refractivity contribution in [3.05, 3.63) is 30.7 Å². The third-order valence-corrected chi connectivity index (χ3v) is 3.52. The number of carbonyl (C=O) groups excluding carboxylic acids is 1. The molecule has 0 atom stereocenters. The van der Waals surface area contributed by atoms with Crippen LogP contribution in [0.3, 0.4) is 0 Å². The van der Waals surface area contributed by atoms with Crippen molar-refractivity contribution in [2.24, 2.45) is 5.92 Å². The minimum atomic E-state index is -0.304. The second kappa shape index (κ2) is 7.16. The lowest BCUT2D eigenvalue weighted by Crippen LogP contribution is -2.19. The molecular formula is C17H20N6O2. The molecule has 130 valence electrons. The molecule has 0 aliphatic heterocycles. The van der Waals surface area contributed by atoms with Crippen LogP contribution in [-0.4, -0.2) is 39.1 Å². The average Bonchev–Trinajstić information content (AvgIpc) is 3.03. The highest BCUT2D eigenvalue weighted by molar-refractivity contribution is 6.02. The molecule has 8 heteroatoms. The van der Waals surface area contributed by atoms with E-state index < -0.39 is 0 Å². The Labute approximate surface area is 144 Å². The number of carbonyl (C=O) groups is 1. The third kappa shape index (κ3) is 3.85. The van der Waals surface area contributed by atoms with Crippen molar-refractivity contribution >= 4 is 28.6 Å². The Bertz CT molecular complexity index is 890. The van der Waals surface area contributed by atoms with Crippen molar-refractivity contribution in [3.8, 4) is 11.3 Å². The highest BCUT2D eigenvalue weighted by atomic mass is 16.5. The van der Waals surface area contributed by atoms with Gasteiger partial charge in [0.05, 0.1) is 17.7 Å². The summed E-state index contributed by atoms with van der Waals surface area (Å²) < 4.78 is 5.19. The molecule has 8 nitrogen and oxygen atoms in total. The summed E-state index contributed by atoms with van der Waals surface area (Å²) in [7, 11) is 0. The zero-order chi connectivity index (χ0) is 17.8. The first-order valence-corrected chi connectivity index (χ1v) is 7.99. The molecule has 0 amide bonds. The summed E-state index contributed by atoms with van der Waals surface area (Å²) in [5.41, 5.74) is 8.64. The maximum absolute atomic E-state index is 11.8. The molecule has 0 radical (unpaired) electrons. The number of nitrogen functional groups attached to an aromatic ring is 1. The maximum Gasteiger partial charge on any atom is 0.325 e. The van der Waals surface area contributed by atoms with Crippen LogP contribution in [-0.2, 0) is 9.53 Å². The molecule has 0 saturated carbocycles. The fourth-order valence-corrected chi connectivity index (χ4v) is 2.41. The molecule has 0 fully saturated rings. The quantitative estimate of drug-likeness (QED) is 0.589. The molecule has 3 heterocycles. The predicted octanol–water partition coefficient (Wildman–Crippen LogP) is 2.21. The normalized spacial score (nSPS) is 11.0. The van der Waals surface area contributed by atoms with Crippen LogP contribution in [0.4, 0.5) is 11.6 Å². The van der Waals surface area contributed by atoms with Crippen molar-refractivity contribution in [2.75, 3.05) is 24.2 Å². The number of aromatic amines is 1. The van der Waals surface area contributed by atoms with Crippen molar-refractivity contribution in [1.82, 2.24) is 19.9 Å². The molecule has 0 unspecified atom stereocenters. The summed E-state index contributed by atoms with van der Waals surface area (Å²) in [5.74, 6) is 0.195. The van der Waals surface area contributed by atoms with Crippen molar-refractivity contribution in [1.29, 1.82) is 0 Å². The summed E-state index contributed by atoms with van der Waals surface area (Å²) in [5, 5.41) is 3.94. The topological polar surface area (TPSA) is 119 Å². The number of nitrogens with two attached hydrogens (primary N) is 1. The fourth-order valence-electron chi connectivity index (χ4n) is 2.41. The Morgan fingerprint density at radius 2 is 2.12 bits per heavy atom. The largest absolute Gasteiger partial charge is 0.464 e. The van der Waals surface area contributed by atoms with Gasteiger partial charge in [0.25, 0.3) is 0 Å². The molecule has 3 aromatic heterocycles. The number of esters is 1. The maximum atomic E-state index is 11.8. The van der Waals surface area contributed by atoms with Crippen LogP contribution in [0.25, 0.3) is 22.3 Å². The number of aromatic nitrogens is 4. The molecule has 25 heavy (non-hydrogen) atoms. The number of pyridine rings is 1. The van der Waals surface area contributed by atoms with Gasteiger partial charge in [-0.1, -0.05) is 13.8 Å². The number of nitrogens with one attached hydrogen (secondary N) is 2. The van der Waals surface area contributed by atoms with Gasteiger partial charge in [-0.05, 0) is 18.1 Å². The Kier molecular flexibility index (Phi) is 4.78. The minimum Gasteiger partial charge on any atom is -0.464 e. The SMILES string of the molecule is CC(C)COC(=O)CNc1ccnc2[nH]cc(-c3ccnc(N)n3)c12. The van der Waals surface area contributed by atoms with Crippen molar-refractivity contribution in [2.45, 2.75) is 13.8 Å². The van der Waals surface area contributed by atoms with E-state index in [1.54, 1.807) is 24.5 Å². The fraction of sp³-hybridized carbons (Fsp3) is 0.294. The van der Waals surface area contributed by atoms with E-state index in [1.165, 1.54) is 0 Å². The first kappa shape index (κ1) is 16.7. The van der Waals surface area contributed by atoms with Crippen molar-refractivity contribution in [3.63, 3.8) is 0 Å². The van der Waals surface area contributed by atoms with E-state index in [0.29, 0.717) is 23.9 Å². The van der Waals surface area contributed by atoms with Crippen LogP contribution in [0.15, 0.2) is 30.7 Å². The van der Waals surface area contributed by atoms with Crippen molar-refractivity contribution < 1.29 is 9.53 Å². The van der Waals surface area contributed by atoms with E-state index in [-0.39, 0.29) is 18.5 Å². The van der Waals surface area contributed by atoms with Crippen LogP contribution in [0.1, 0.15) is 13.8 Å². The van der Waals surface area contributed by atoms with Gasteiger partial charge in [0.15, 0.2) is 0 Å². The summed E-state index contributed by atoms with van der Waals surface area (Å²) in [6.07, 6.45) is 5.07. The van der Waals surface area contributed by atoms with Crippen LogP contribution < -0.4 is 11.1 Å². The smallest absolute Gasteiger partial charge is 0.325 e. The minimum absolute atomic E-state index is 0.0718. The first-order valence-electron chi connectivity index (χ1n) is 7.99. The third-order valence-electron chi connectivity index (χ3n) is 3.52. The van der Waals surface area contributed by atoms with Gasteiger partial charge in [0.1, 0.15) is 12.2 Å². The van der Waals surface area contributed by atoms with E-state index in [2.05, 4.69) is 25.3 Å². The van der Waals surface area contributed by atoms with E-state index in [4.69, 9.17) is 10.5 Å². The van der Waals surface area contributed by atoms with Gasteiger partial charge in [0.2, 0.25) is 5.95 Å². The molecule has 0 aromatic carbocycles. The van der Waals surface area contributed by atoms with Crippen LogP contribution in [0.5, 0.6) is 0 Å². The first-order chi connectivity index (χ1) is 12.0. The monoisotopic (exact) mass is 340 g/mol. The van der Waals surface area contributed by atoms with Gasteiger partial charge >= 0.3 is 5.97 Å². The molecule has 0 aliphatic rings. The Hall–Kier alpha value is -3.16. The summed E-state index contributed by atoms with van der Waals surface area (Å²) >= 11 is 0. The summed E-state index contributed by atoms with van der Waals surface area (Å²) in [6, 6.07) is 3.58. The number of H-pyrrole nitrogens is 1. The van der Waals surface area contributed by atoms with Gasteiger partial charge in [0, 0.05) is 29.8 Å². The number of hydrogen-bond donors (Lipinski definition) is 3. The molecule has 3 rings (SSSR count). The molecule has 3 aromatic rings. The lowest BCUT2D eigenvalue weighted by Gasteiger charge is -2.10. The van der Waals surface area contributed by atoms with Gasteiger partial charge in [-0.25, -0.2) is 15.0 Å². The summed E-state index contributed by atoms with van der Waals surface area (Å²) in [6.45, 7) is 4.46. The molecule has 0 saturated heterocycles. The Balaban J connectivity index is 1.86. The molecule has 0 spiro atoms. The second-order valence-electron chi connectivity index (χ2n) is 6.01. The van der Waals surface area contributed by atoms with Gasteiger partial charge in [-0.15, -0.1) is 0 Å². The molecule has 4 N–H and O–H groups in total. The Morgan fingerprint density at radius 3 is 2.88 bits per heavy atom. The van der Waals surface area contributed by atoms with Gasteiger partial charge in [-0.2, -0.15) is 0 Å². The number of fused-ring (bicyclic) bond motifs is 1. The zero-order valence-corrected chi connectivity index (χ0v) is 14.1. The number of rotatable bonds is 6. The molecule has 0 aliphatic carbocycles. The van der Waals surface area contributed by atoms with E-state index in [1.807, 2.05) is 20.0 Å². The lowest BCUT2D eigenvalue weighted by atomic mass is 10.1. The Morgan fingerprint density at radius 1 is 1.32 bits per heavy atom. The van der Waals surface area contributed by atoms with Gasteiger partial charge in [-0.3, -0.25) is 4.79 Å². The number of ether oxygens (including phenoxy) is 1. The van der Waals surface area contributed by atoms with E-state index in [0.717, 1.165) is 16.6 Å². The number of anilines is 2. The number of hydrogen-bond acceptors (Lipinski definition) is 7. The number of nitrogens with zero attached hydrogens (tertiary/aromatic N) is 3. The highest BCUT2D eigenvalue weighted by Gasteiger charge is 2.14. The zero-order valence-electron chi connectivity index (χ0n) is 14.1. The lowest BCUT2D eigenvalue weighted by molar-refractivity contribution is -0.142. The van der Waals surface area contributed by atoms with Crippen LogP contribution in [0, 0.1) is 5.92 Å². The van der Waals surface area contributed by atoms with Crippen LogP contribution >= 0.6 is 0 Å². The van der Waals surface area contributed by atoms with E-state index >= 15 is 0 Å². The molecule has 0 bridgehead atoms. The van der Waals surface area contributed by atoms with E-state index in [9.17, 15) is 4.79 Å². The standard InChI is InChI=1S/C17H20N6O2/c1-10(2)9-25-14(24)8-21-13-4-5-19-16-15(13)11(7-22-16)12-3-6-20-17(18)23-12/h3-7,10H,8-9H2,1-2H3,(H2,18,20,23)(H2,19,21,22). The summed E-state index contributed by atoms with van der Waals surface area (Å²) in [4.78, 5) is 27.4. The van der Waals surface area contributed by atoms with Crippen LogP contribution in [0.2, 0.25) is 0 Å². The second-order valence-corrected chi connectivity index (χ2v) is 6.01.